The molecule has 0 aliphatic carbocycles. The van der Waals surface area contributed by atoms with E-state index < -0.39 is 0 Å². The highest BCUT2D eigenvalue weighted by Gasteiger charge is 2.34. The molecule has 7 nitrogen and oxygen atoms in total. The Bertz CT molecular complexity index is 795. The van der Waals surface area contributed by atoms with Crippen molar-refractivity contribution in [1.29, 1.82) is 0 Å². The molecular weight excluding hydrogens is 439 g/mol. The zero-order valence-corrected chi connectivity index (χ0v) is 19.2. The lowest BCUT2D eigenvalue weighted by molar-refractivity contribution is -0.129. The molecule has 3 aliphatic rings. The summed E-state index contributed by atoms with van der Waals surface area (Å²) in [6.45, 7) is 7.44. The van der Waals surface area contributed by atoms with Crippen LogP contribution < -0.4 is 5.32 Å². The zero-order chi connectivity index (χ0) is 21.8. The number of likely N-dealkylation sites (tertiary alicyclic amines) is 2. The predicted octanol–water partition coefficient (Wildman–Crippen LogP) is 2.12. The first-order chi connectivity index (χ1) is 15.0. The quantitative estimate of drug-likeness (QED) is 0.716. The molecule has 4 rings (SSSR count). The van der Waals surface area contributed by atoms with Crippen LogP contribution >= 0.6 is 23.2 Å². The molecule has 31 heavy (non-hydrogen) atoms. The van der Waals surface area contributed by atoms with Gasteiger partial charge in [-0.25, -0.2) is 0 Å². The summed E-state index contributed by atoms with van der Waals surface area (Å²) in [5.41, 5.74) is 0.393. The minimum atomic E-state index is -0.326. The van der Waals surface area contributed by atoms with Crippen molar-refractivity contribution >= 4 is 35.0 Å². The van der Waals surface area contributed by atoms with Gasteiger partial charge in [0.15, 0.2) is 0 Å². The molecule has 1 aromatic rings. The highest BCUT2D eigenvalue weighted by atomic mass is 35.5. The molecule has 0 bridgehead atoms. The molecule has 170 valence electrons. The number of morpholine rings is 1. The van der Waals surface area contributed by atoms with Gasteiger partial charge in [-0.05, 0) is 50.6 Å². The van der Waals surface area contributed by atoms with Crippen molar-refractivity contribution in [2.45, 2.75) is 31.3 Å². The van der Waals surface area contributed by atoms with Crippen LogP contribution in [0.3, 0.4) is 0 Å². The average molecular weight is 469 g/mol. The number of benzene rings is 1. The van der Waals surface area contributed by atoms with E-state index in [0.717, 1.165) is 58.9 Å². The first-order valence-corrected chi connectivity index (χ1v) is 11.8. The van der Waals surface area contributed by atoms with Crippen molar-refractivity contribution in [1.82, 2.24) is 20.0 Å². The van der Waals surface area contributed by atoms with Gasteiger partial charge in [-0.2, -0.15) is 0 Å². The van der Waals surface area contributed by atoms with Crippen molar-refractivity contribution in [2.24, 2.45) is 0 Å². The molecular formula is C22H30Cl2N4O3. The fraction of sp³-hybridized carbons (Fsp3) is 0.636. The number of piperidine rings is 1. The Hall–Kier alpha value is -1.38. The summed E-state index contributed by atoms with van der Waals surface area (Å²) in [6, 6.07) is 5.76. The van der Waals surface area contributed by atoms with E-state index in [4.69, 9.17) is 27.9 Å². The molecule has 0 saturated carbocycles. The molecule has 3 fully saturated rings. The third-order valence-electron chi connectivity index (χ3n) is 6.68. The average Bonchev–Trinajstić information content (AvgIpc) is 3.30. The predicted molar refractivity (Wildman–Crippen MR) is 121 cm³/mol. The van der Waals surface area contributed by atoms with E-state index in [1.807, 2.05) is 4.90 Å². The Labute approximate surface area is 193 Å². The molecule has 1 atom stereocenters. The highest BCUT2D eigenvalue weighted by Crippen LogP contribution is 2.24. The van der Waals surface area contributed by atoms with Crippen LogP contribution in [0.15, 0.2) is 18.2 Å². The van der Waals surface area contributed by atoms with Crippen LogP contribution in [0.1, 0.15) is 29.6 Å². The number of ether oxygens (including phenoxy) is 1. The number of amides is 2. The molecule has 9 heteroatoms. The number of carbonyl (C=O) groups excluding carboxylic acids is 2. The van der Waals surface area contributed by atoms with Crippen LogP contribution in [0.5, 0.6) is 0 Å². The van der Waals surface area contributed by atoms with Gasteiger partial charge in [0.05, 0.1) is 29.8 Å². The molecule has 0 spiro atoms. The molecule has 1 unspecified atom stereocenters. The molecule has 2 amide bonds. The van der Waals surface area contributed by atoms with Crippen LogP contribution in [0, 0.1) is 0 Å². The van der Waals surface area contributed by atoms with Gasteiger partial charge in [-0.15, -0.1) is 0 Å². The summed E-state index contributed by atoms with van der Waals surface area (Å²) in [5, 5.41) is 3.41. The minimum absolute atomic E-state index is 0.00902. The second-order valence-electron chi connectivity index (χ2n) is 8.51. The van der Waals surface area contributed by atoms with Crippen molar-refractivity contribution in [3.05, 3.63) is 33.8 Å². The Balaban J connectivity index is 1.20. The van der Waals surface area contributed by atoms with Gasteiger partial charge in [0.25, 0.3) is 5.91 Å². The maximum absolute atomic E-state index is 12.6. The number of nitrogens with one attached hydrogen (secondary N) is 1. The first kappa shape index (κ1) is 22.8. The van der Waals surface area contributed by atoms with Crippen molar-refractivity contribution in [2.75, 3.05) is 59.0 Å². The largest absolute Gasteiger partial charge is 0.379 e. The van der Waals surface area contributed by atoms with E-state index in [0.29, 0.717) is 27.7 Å². The van der Waals surface area contributed by atoms with E-state index in [1.165, 1.54) is 18.9 Å². The number of nitrogens with zero attached hydrogens (tertiary/aromatic N) is 3. The van der Waals surface area contributed by atoms with Crippen LogP contribution in [0.2, 0.25) is 10.0 Å². The van der Waals surface area contributed by atoms with Crippen LogP contribution in [-0.4, -0.2) is 97.6 Å². The Morgan fingerprint density at radius 1 is 0.935 bits per heavy atom. The van der Waals surface area contributed by atoms with Gasteiger partial charge >= 0.3 is 0 Å². The highest BCUT2D eigenvalue weighted by molar-refractivity contribution is 6.42. The van der Waals surface area contributed by atoms with E-state index >= 15 is 0 Å². The van der Waals surface area contributed by atoms with Gasteiger partial charge in [-0.3, -0.25) is 19.4 Å². The van der Waals surface area contributed by atoms with Crippen LogP contribution in [0.25, 0.3) is 0 Å². The van der Waals surface area contributed by atoms with E-state index in [2.05, 4.69) is 15.1 Å². The van der Waals surface area contributed by atoms with Gasteiger partial charge in [0.2, 0.25) is 5.91 Å². The van der Waals surface area contributed by atoms with Gasteiger partial charge in [-0.1, -0.05) is 23.2 Å². The molecule has 1 aromatic carbocycles. The molecule has 3 saturated heterocycles. The molecule has 3 aliphatic heterocycles. The second kappa shape index (κ2) is 10.5. The maximum Gasteiger partial charge on any atom is 0.251 e. The second-order valence-corrected chi connectivity index (χ2v) is 9.32. The molecule has 0 aromatic heterocycles. The number of carbonyl (C=O) groups is 2. The smallest absolute Gasteiger partial charge is 0.251 e. The lowest BCUT2D eigenvalue weighted by atomic mass is 10.0. The molecule has 0 radical (unpaired) electrons. The summed E-state index contributed by atoms with van der Waals surface area (Å²) in [4.78, 5) is 31.9. The van der Waals surface area contributed by atoms with Crippen molar-refractivity contribution in [3.8, 4) is 0 Å². The van der Waals surface area contributed by atoms with Crippen LogP contribution in [-0.2, 0) is 9.53 Å². The standard InChI is InChI=1S/C22H30Cl2N4O3/c23-19-2-1-16(13-20(19)24)22(30)25-14-21(29)28-8-5-18(15-28)26-6-3-17(4-7-26)27-9-11-31-12-10-27/h1-2,13,17-18H,3-12,14-15H2,(H,25,30). The van der Waals surface area contributed by atoms with Crippen molar-refractivity contribution < 1.29 is 14.3 Å². The van der Waals surface area contributed by atoms with E-state index in [1.54, 1.807) is 12.1 Å². The fourth-order valence-electron chi connectivity index (χ4n) is 4.83. The monoisotopic (exact) mass is 468 g/mol. The zero-order valence-electron chi connectivity index (χ0n) is 17.7. The first-order valence-electron chi connectivity index (χ1n) is 11.1. The number of hydrogen-bond donors (Lipinski definition) is 1. The molecule has 3 heterocycles. The Morgan fingerprint density at radius 3 is 2.32 bits per heavy atom. The van der Waals surface area contributed by atoms with Gasteiger partial charge in [0, 0.05) is 43.8 Å². The number of rotatable bonds is 5. The molecule has 1 N–H and O–H groups in total. The lowest BCUT2D eigenvalue weighted by Crippen LogP contribution is -2.51. The van der Waals surface area contributed by atoms with E-state index in [-0.39, 0.29) is 18.4 Å². The summed E-state index contributed by atoms with van der Waals surface area (Å²) in [7, 11) is 0. The Kier molecular flexibility index (Phi) is 7.72. The third-order valence-corrected chi connectivity index (χ3v) is 7.41. The lowest BCUT2D eigenvalue weighted by Gasteiger charge is -2.41. The van der Waals surface area contributed by atoms with Gasteiger partial charge < -0.3 is 15.0 Å². The summed E-state index contributed by atoms with van der Waals surface area (Å²) >= 11 is 11.9. The number of halogens is 2. The third kappa shape index (κ3) is 5.71. The number of hydrogen-bond acceptors (Lipinski definition) is 5. The normalized spacial score (nSPS) is 23.8. The van der Waals surface area contributed by atoms with E-state index in [9.17, 15) is 9.59 Å². The Morgan fingerprint density at radius 2 is 1.61 bits per heavy atom. The van der Waals surface area contributed by atoms with Crippen LogP contribution in [0.4, 0.5) is 0 Å². The SMILES string of the molecule is O=C(NCC(=O)N1CCC(N2CCC(N3CCOCC3)CC2)C1)c1ccc(Cl)c(Cl)c1. The van der Waals surface area contributed by atoms with Crippen molar-refractivity contribution in [3.63, 3.8) is 0 Å². The fourth-order valence-corrected chi connectivity index (χ4v) is 5.13. The summed E-state index contributed by atoms with van der Waals surface area (Å²) in [5.74, 6) is -0.369. The van der Waals surface area contributed by atoms with Gasteiger partial charge in [0.1, 0.15) is 0 Å². The topological polar surface area (TPSA) is 65.1 Å². The maximum atomic E-state index is 12.6. The minimum Gasteiger partial charge on any atom is -0.379 e. The summed E-state index contributed by atoms with van der Waals surface area (Å²) < 4.78 is 5.47. The summed E-state index contributed by atoms with van der Waals surface area (Å²) in [6.07, 6.45) is 3.36.